The van der Waals surface area contributed by atoms with Gasteiger partial charge in [-0.25, -0.2) is 18.2 Å². The molecule has 2 aliphatic rings. The molecule has 1 unspecified atom stereocenters. The number of carbonyl (C=O) groups is 2. The zero-order valence-electron chi connectivity index (χ0n) is 21.8. The van der Waals surface area contributed by atoms with E-state index in [-0.39, 0.29) is 37.8 Å². The second-order valence-electron chi connectivity index (χ2n) is 9.14. The number of nitrogens with zero attached hydrogens (tertiary/aromatic N) is 2. The van der Waals surface area contributed by atoms with Crippen molar-refractivity contribution in [2.24, 2.45) is 0 Å². The van der Waals surface area contributed by atoms with Crippen molar-refractivity contribution < 1.29 is 36.8 Å². The van der Waals surface area contributed by atoms with Crippen LogP contribution in [0, 0.1) is 0 Å². The van der Waals surface area contributed by atoms with Crippen LogP contribution in [0.4, 0.5) is 0 Å². The summed E-state index contributed by atoms with van der Waals surface area (Å²) in [5, 5.41) is 0.308. The Labute approximate surface area is 232 Å². The van der Waals surface area contributed by atoms with Crippen LogP contribution >= 0.6 is 11.6 Å². The van der Waals surface area contributed by atoms with Gasteiger partial charge in [0, 0.05) is 30.8 Å². The van der Waals surface area contributed by atoms with E-state index in [0.29, 0.717) is 46.5 Å². The highest BCUT2D eigenvalue weighted by Gasteiger charge is 2.38. The van der Waals surface area contributed by atoms with E-state index in [1.165, 1.54) is 0 Å². The van der Waals surface area contributed by atoms with Crippen LogP contribution < -0.4 is 10.9 Å². The van der Waals surface area contributed by atoms with Crippen LogP contribution in [-0.2, 0) is 35.8 Å². The van der Waals surface area contributed by atoms with Crippen LogP contribution in [-0.4, -0.2) is 66.3 Å². The number of benzene rings is 1. The molecule has 13 heteroatoms. The van der Waals surface area contributed by atoms with Gasteiger partial charge in [0.1, 0.15) is 24.1 Å². The number of quaternary nitrogens is 1. The Morgan fingerprint density at radius 1 is 1.23 bits per heavy atom. The second kappa shape index (κ2) is 13.4. The zero-order valence-corrected chi connectivity index (χ0v) is 23.4. The lowest BCUT2D eigenvalue weighted by molar-refractivity contribution is -0.141. The van der Waals surface area contributed by atoms with Crippen molar-refractivity contribution in [1.82, 2.24) is 16.0 Å². The summed E-state index contributed by atoms with van der Waals surface area (Å²) >= 11 is 5.95. The van der Waals surface area contributed by atoms with Gasteiger partial charge in [0.05, 0.1) is 34.1 Å². The molecular formula is C26H32ClN3O8S. The number of allylic oxidation sites excluding steroid dienone is 1. The molecule has 1 fully saturated rings. The molecule has 0 aliphatic carbocycles. The lowest BCUT2D eigenvalue weighted by Gasteiger charge is -2.35. The first-order valence-corrected chi connectivity index (χ1v) is 14.1. The fourth-order valence-electron chi connectivity index (χ4n) is 4.54. The molecule has 39 heavy (non-hydrogen) atoms. The average molecular weight is 582 g/mol. The normalized spacial score (nSPS) is 19.6. The van der Waals surface area contributed by atoms with Crippen LogP contribution in [0.5, 0.6) is 5.75 Å². The monoisotopic (exact) mass is 581 g/mol. The molecule has 3 heterocycles. The SMILES string of the molecule is CC1=C(C(=O)OCc2ccc(OCCS(=O)(=O)[O-])cc2)[C@H](c2ccc(Cl)nc2)CC(=O)N1CC1CCCO1.[NH4+]. The molecule has 11 nitrogen and oxygen atoms in total. The predicted molar refractivity (Wildman–Crippen MR) is 142 cm³/mol. The van der Waals surface area contributed by atoms with Gasteiger partial charge in [-0.05, 0) is 49.1 Å². The topological polar surface area (TPSA) is 172 Å². The number of pyridine rings is 1. The quantitative estimate of drug-likeness (QED) is 0.250. The second-order valence-corrected chi connectivity index (χ2v) is 11.1. The molecule has 1 aromatic heterocycles. The predicted octanol–water partition coefficient (Wildman–Crippen LogP) is 3.55. The zero-order chi connectivity index (χ0) is 27.3. The smallest absolute Gasteiger partial charge is 0.336 e. The van der Waals surface area contributed by atoms with Gasteiger partial charge in [-0.1, -0.05) is 29.8 Å². The Kier molecular flexibility index (Phi) is 10.4. The van der Waals surface area contributed by atoms with Crippen LogP contribution in [0.1, 0.15) is 43.2 Å². The number of esters is 1. The largest absolute Gasteiger partial charge is 0.748 e. The molecule has 2 aliphatic heterocycles. The maximum atomic E-state index is 13.4. The van der Waals surface area contributed by atoms with Crippen molar-refractivity contribution >= 4 is 33.6 Å². The van der Waals surface area contributed by atoms with E-state index in [1.54, 1.807) is 54.4 Å². The first kappa shape index (κ1) is 30.5. The van der Waals surface area contributed by atoms with E-state index < -0.39 is 27.8 Å². The third-order valence-corrected chi connectivity index (χ3v) is 7.39. The summed E-state index contributed by atoms with van der Waals surface area (Å²) in [6.45, 7) is 2.49. The van der Waals surface area contributed by atoms with E-state index in [1.807, 2.05) is 0 Å². The van der Waals surface area contributed by atoms with Gasteiger partial charge in [0.15, 0.2) is 0 Å². The summed E-state index contributed by atoms with van der Waals surface area (Å²) in [5.74, 6) is -1.43. The molecule has 0 spiro atoms. The Balaban J connectivity index is 0.00000420. The van der Waals surface area contributed by atoms with Crippen molar-refractivity contribution in [1.29, 1.82) is 0 Å². The molecule has 0 bridgehead atoms. The molecule has 1 amide bonds. The number of carbonyl (C=O) groups excluding carboxylic acids is 2. The van der Waals surface area contributed by atoms with Crippen molar-refractivity contribution in [3.63, 3.8) is 0 Å². The van der Waals surface area contributed by atoms with Crippen LogP contribution in [0.2, 0.25) is 5.15 Å². The van der Waals surface area contributed by atoms with Gasteiger partial charge in [-0.15, -0.1) is 0 Å². The van der Waals surface area contributed by atoms with Gasteiger partial charge in [0.2, 0.25) is 5.91 Å². The summed E-state index contributed by atoms with van der Waals surface area (Å²) < 4.78 is 48.8. The minimum Gasteiger partial charge on any atom is -0.748 e. The number of hydrogen-bond acceptors (Lipinski definition) is 9. The number of halogens is 1. The molecular weight excluding hydrogens is 550 g/mol. The third-order valence-electron chi connectivity index (χ3n) is 6.50. The number of ether oxygens (including phenoxy) is 3. The van der Waals surface area contributed by atoms with Gasteiger partial charge < -0.3 is 29.8 Å². The van der Waals surface area contributed by atoms with E-state index in [4.69, 9.17) is 25.8 Å². The summed E-state index contributed by atoms with van der Waals surface area (Å²) in [5.41, 5.74) is 2.27. The van der Waals surface area contributed by atoms with E-state index >= 15 is 0 Å². The summed E-state index contributed by atoms with van der Waals surface area (Å²) in [6, 6.07) is 9.90. The van der Waals surface area contributed by atoms with Crippen molar-refractivity contribution in [3.05, 3.63) is 70.1 Å². The Morgan fingerprint density at radius 2 is 1.97 bits per heavy atom. The number of amides is 1. The van der Waals surface area contributed by atoms with Crippen LogP contribution in [0.15, 0.2) is 53.9 Å². The summed E-state index contributed by atoms with van der Waals surface area (Å²) in [4.78, 5) is 32.3. The Morgan fingerprint density at radius 3 is 2.59 bits per heavy atom. The van der Waals surface area contributed by atoms with Crippen molar-refractivity contribution in [2.45, 2.75) is 44.8 Å². The van der Waals surface area contributed by atoms with E-state index in [0.717, 1.165) is 12.8 Å². The van der Waals surface area contributed by atoms with Gasteiger partial charge >= 0.3 is 5.97 Å². The molecule has 0 saturated carbocycles. The average Bonchev–Trinajstić information content (AvgIpc) is 3.39. The lowest BCUT2D eigenvalue weighted by Crippen LogP contribution is -2.42. The van der Waals surface area contributed by atoms with Gasteiger partial charge in [0.25, 0.3) is 0 Å². The van der Waals surface area contributed by atoms with Crippen LogP contribution in [0.3, 0.4) is 0 Å². The number of aromatic nitrogens is 1. The Bertz CT molecular complexity index is 1290. The van der Waals surface area contributed by atoms with E-state index in [2.05, 4.69) is 4.98 Å². The highest BCUT2D eigenvalue weighted by Crippen LogP contribution is 2.37. The minimum absolute atomic E-state index is 0. The molecule has 2 aromatic rings. The molecule has 0 radical (unpaired) electrons. The molecule has 1 aromatic carbocycles. The van der Waals surface area contributed by atoms with Crippen molar-refractivity contribution in [3.8, 4) is 5.75 Å². The molecule has 4 N–H and O–H groups in total. The first-order valence-electron chi connectivity index (χ1n) is 12.2. The molecule has 212 valence electrons. The maximum Gasteiger partial charge on any atom is 0.336 e. The van der Waals surface area contributed by atoms with Crippen molar-refractivity contribution in [2.75, 3.05) is 25.5 Å². The molecule has 2 atom stereocenters. The highest BCUT2D eigenvalue weighted by molar-refractivity contribution is 7.85. The molecule has 4 rings (SSSR count). The Hall–Kier alpha value is -3.03. The minimum atomic E-state index is -4.36. The van der Waals surface area contributed by atoms with E-state index in [9.17, 15) is 22.6 Å². The molecule has 1 saturated heterocycles. The standard InChI is InChI=1S/C26H29ClN2O8S.H3N/c1-17-25(26(31)37-16-18-4-7-20(8-5-18)36-11-12-38(32,33)34)22(19-6-9-23(27)28-14-19)13-24(30)29(17)15-21-3-2-10-35-21;/h4-9,14,21-22H,2-3,10-13,15-16H2,1H3,(H,32,33,34);1H3/t21?,22-;/m0./s1. The third kappa shape index (κ3) is 8.23. The van der Waals surface area contributed by atoms with Crippen LogP contribution in [0.25, 0.3) is 0 Å². The highest BCUT2D eigenvalue weighted by atomic mass is 35.5. The maximum absolute atomic E-state index is 13.4. The lowest BCUT2D eigenvalue weighted by atomic mass is 9.84. The fraction of sp³-hybridized carbons (Fsp3) is 0.423. The number of rotatable bonds is 10. The number of hydrogen-bond donors (Lipinski definition) is 1. The van der Waals surface area contributed by atoms with Gasteiger partial charge in [-0.2, -0.15) is 0 Å². The van der Waals surface area contributed by atoms with Gasteiger partial charge in [-0.3, -0.25) is 4.79 Å². The fourth-order valence-corrected chi connectivity index (χ4v) is 4.94. The summed E-state index contributed by atoms with van der Waals surface area (Å²) in [6.07, 6.45) is 3.36. The summed E-state index contributed by atoms with van der Waals surface area (Å²) in [7, 11) is -4.36. The first-order chi connectivity index (χ1) is 18.1.